The van der Waals surface area contributed by atoms with E-state index in [-0.39, 0.29) is 5.60 Å². The summed E-state index contributed by atoms with van der Waals surface area (Å²) < 4.78 is 12.1. The summed E-state index contributed by atoms with van der Waals surface area (Å²) in [5, 5.41) is 0. The average Bonchev–Trinajstić information content (AvgIpc) is 2.11. The second-order valence-corrected chi connectivity index (χ2v) is 5.18. The number of ether oxygens (including phenoxy) is 2. The van der Waals surface area contributed by atoms with Gasteiger partial charge < -0.3 is 9.47 Å². The van der Waals surface area contributed by atoms with Gasteiger partial charge in [0.1, 0.15) is 12.4 Å². The quantitative estimate of drug-likeness (QED) is 0.780. The van der Waals surface area contributed by atoms with Gasteiger partial charge in [-0.1, -0.05) is 22.0 Å². The molecule has 0 heterocycles. The van der Waals surface area contributed by atoms with Crippen molar-refractivity contribution in [1.82, 2.24) is 0 Å². The molecule has 2 nitrogen and oxygen atoms in total. The topological polar surface area (TPSA) is 18.5 Å². The van der Waals surface area contributed by atoms with E-state index in [1.54, 1.807) is 0 Å². The molecule has 0 spiro atoms. The monoisotopic (exact) mass is 272 g/mol. The first-order valence-corrected chi connectivity index (χ1v) is 5.79. The molecule has 0 saturated heterocycles. The Morgan fingerprint density at radius 1 is 1.20 bits per heavy atom. The number of rotatable bonds is 4. The first-order chi connectivity index (χ1) is 6.97. The number of benzene rings is 1. The van der Waals surface area contributed by atoms with Crippen molar-refractivity contribution in [3.63, 3.8) is 0 Å². The summed E-state index contributed by atoms with van der Waals surface area (Å²) in [7, 11) is 0. The molecule has 3 heteroatoms. The van der Waals surface area contributed by atoms with E-state index in [1.165, 1.54) is 0 Å². The van der Waals surface area contributed by atoms with Gasteiger partial charge in [0.25, 0.3) is 0 Å². The Morgan fingerprint density at radius 2 is 1.93 bits per heavy atom. The van der Waals surface area contributed by atoms with E-state index >= 15 is 0 Å². The fourth-order valence-corrected chi connectivity index (χ4v) is 1.44. The zero-order chi connectivity index (χ0) is 11.3. The van der Waals surface area contributed by atoms with Crippen LogP contribution in [0.15, 0.2) is 28.7 Å². The lowest BCUT2D eigenvalue weighted by molar-refractivity contribution is -0.0163. The zero-order valence-electron chi connectivity index (χ0n) is 9.42. The molecule has 1 rings (SSSR count). The fourth-order valence-electron chi connectivity index (χ4n) is 1.06. The molecule has 0 bridgehead atoms. The second-order valence-electron chi connectivity index (χ2n) is 4.27. The minimum absolute atomic E-state index is 0.0966. The maximum Gasteiger partial charge on any atom is 0.120 e. The summed E-state index contributed by atoms with van der Waals surface area (Å²) >= 11 is 3.39. The van der Waals surface area contributed by atoms with E-state index in [9.17, 15) is 0 Å². The second kappa shape index (κ2) is 5.52. The first-order valence-electron chi connectivity index (χ1n) is 5.00. The van der Waals surface area contributed by atoms with Crippen molar-refractivity contribution in [1.29, 1.82) is 0 Å². The summed E-state index contributed by atoms with van der Waals surface area (Å²) in [5.41, 5.74) is -0.0966. The van der Waals surface area contributed by atoms with E-state index < -0.39 is 0 Å². The maximum absolute atomic E-state index is 5.54. The van der Waals surface area contributed by atoms with Crippen molar-refractivity contribution < 1.29 is 9.47 Å². The largest absolute Gasteiger partial charge is 0.491 e. The predicted octanol–water partition coefficient (Wildman–Crippen LogP) is 3.64. The third kappa shape index (κ3) is 5.80. The molecule has 0 aromatic heterocycles. The van der Waals surface area contributed by atoms with Crippen molar-refractivity contribution in [3.8, 4) is 5.75 Å². The minimum Gasteiger partial charge on any atom is -0.491 e. The lowest BCUT2D eigenvalue weighted by Gasteiger charge is -2.19. The van der Waals surface area contributed by atoms with E-state index in [0.717, 1.165) is 10.2 Å². The maximum atomic E-state index is 5.54. The van der Waals surface area contributed by atoms with Crippen LogP contribution in [0.25, 0.3) is 0 Å². The Kier molecular flexibility index (Phi) is 4.61. The van der Waals surface area contributed by atoms with E-state index in [1.807, 2.05) is 45.0 Å². The molecule has 0 radical (unpaired) electrons. The Bertz CT molecular complexity index is 305. The summed E-state index contributed by atoms with van der Waals surface area (Å²) in [6, 6.07) is 7.79. The van der Waals surface area contributed by atoms with Crippen LogP contribution in [0, 0.1) is 0 Å². The Hall–Kier alpha value is -0.540. The van der Waals surface area contributed by atoms with Crippen LogP contribution in [-0.2, 0) is 4.74 Å². The molecule has 0 saturated carbocycles. The fraction of sp³-hybridized carbons (Fsp3) is 0.500. The molecule has 0 aliphatic rings. The molecular formula is C12H17BrO2. The number of hydrogen-bond acceptors (Lipinski definition) is 2. The third-order valence-corrected chi connectivity index (χ3v) is 2.18. The van der Waals surface area contributed by atoms with Crippen molar-refractivity contribution in [3.05, 3.63) is 28.7 Å². The normalized spacial score (nSPS) is 11.5. The van der Waals surface area contributed by atoms with E-state index in [4.69, 9.17) is 9.47 Å². The summed E-state index contributed by atoms with van der Waals surface area (Å²) in [5.74, 6) is 0.863. The van der Waals surface area contributed by atoms with Crippen molar-refractivity contribution in [2.75, 3.05) is 13.2 Å². The molecule has 0 N–H and O–H groups in total. The molecule has 0 aliphatic carbocycles. The van der Waals surface area contributed by atoms with E-state index in [0.29, 0.717) is 13.2 Å². The third-order valence-electron chi connectivity index (χ3n) is 1.68. The molecule has 0 aliphatic heterocycles. The Morgan fingerprint density at radius 3 is 2.53 bits per heavy atom. The molecule has 0 unspecified atom stereocenters. The lowest BCUT2D eigenvalue weighted by atomic mass is 10.2. The molecule has 1 aromatic rings. The van der Waals surface area contributed by atoms with Crippen LogP contribution in [0.2, 0.25) is 0 Å². The van der Waals surface area contributed by atoms with Crippen molar-refractivity contribution >= 4 is 15.9 Å². The molecule has 15 heavy (non-hydrogen) atoms. The summed E-state index contributed by atoms with van der Waals surface area (Å²) in [6.07, 6.45) is 0. The van der Waals surface area contributed by atoms with Crippen LogP contribution < -0.4 is 4.74 Å². The molecule has 0 fully saturated rings. The highest BCUT2D eigenvalue weighted by atomic mass is 79.9. The standard InChI is InChI=1S/C12H17BrO2/c1-12(2,3)15-8-7-14-11-6-4-5-10(13)9-11/h4-6,9H,7-8H2,1-3H3. The molecule has 1 aromatic carbocycles. The van der Waals surface area contributed by atoms with Crippen LogP contribution in [0.4, 0.5) is 0 Å². The van der Waals surface area contributed by atoms with Gasteiger partial charge >= 0.3 is 0 Å². The molecular weight excluding hydrogens is 256 g/mol. The predicted molar refractivity (Wildman–Crippen MR) is 65.3 cm³/mol. The van der Waals surface area contributed by atoms with Crippen LogP contribution in [0.3, 0.4) is 0 Å². The van der Waals surface area contributed by atoms with Crippen molar-refractivity contribution in [2.24, 2.45) is 0 Å². The van der Waals surface area contributed by atoms with Gasteiger partial charge in [0, 0.05) is 4.47 Å². The Balaban J connectivity index is 2.26. The summed E-state index contributed by atoms with van der Waals surface area (Å²) in [6.45, 7) is 7.29. The van der Waals surface area contributed by atoms with Gasteiger partial charge in [-0.15, -0.1) is 0 Å². The highest BCUT2D eigenvalue weighted by Gasteiger charge is 2.09. The molecule has 0 atom stereocenters. The highest BCUT2D eigenvalue weighted by molar-refractivity contribution is 9.10. The van der Waals surface area contributed by atoms with Gasteiger partial charge in [-0.25, -0.2) is 0 Å². The smallest absolute Gasteiger partial charge is 0.120 e. The Labute approximate surface area is 99.7 Å². The van der Waals surface area contributed by atoms with E-state index in [2.05, 4.69) is 15.9 Å². The van der Waals surface area contributed by atoms with Gasteiger partial charge in [-0.3, -0.25) is 0 Å². The molecule has 0 amide bonds. The average molecular weight is 273 g/mol. The van der Waals surface area contributed by atoms with Crippen LogP contribution in [0.5, 0.6) is 5.75 Å². The minimum atomic E-state index is -0.0966. The first kappa shape index (κ1) is 12.5. The SMILES string of the molecule is CC(C)(C)OCCOc1cccc(Br)c1. The van der Waals surface area contributed by atoms with Crippen LogP contribution in [-0.4, -0.2) is 18.8 Å². The van der Waals surface area contributed by atoms with Gasteiger partial charge in [0.15, 0.2) is 0 Å². The van der Waals surface area contributed by atoms with Gasteiger partial charge in [0.2, 0.25) is 0 Å². The van der Waals surface area contributed by atoms with Crippen LogP contribution in [0.1, 0.15) is 20.8 Å². The van der Waals surface area contributed by atoms with Gasteiger partial charge in [0.05, 0.1) is 12.2 Å². The molecule has 84 valence electrons. The lowest BCUT2D eigenvalue weighted by Crippen LogP contribution is -2.22. The zero-order valence-corrected chi connectivity index (χ0v) is 11.0. The number of halogens is 1. The van der Waals surface area contributed by atoms with Gasteiger partial charge in [-0.2, -0.15) is 0 Å². The van der Waals surface area contributed by atoms with Crippen LogP contribution >= 0.6 is 15.9 Å². The number of hydrogen-bond donors (Lipinski definition) is 0. The summed E-state index contributed by atoms with van der Waals surface area (Å²) in [4.78, 5) is 0. The van der Waals surface area contributed by atoms with Gasteiger partial charge in [-0.05, 0) is 39.0 Å². The van der Waals surface area contributed by atoms with Crippen molar-refractivity contribution in [2.45, 2.75) is 26.4 Å². The highest BCUT2D eigenvalue weighted by Crippen LogP contribution is 2.17.